The van der Waals surface area contributed by atoms with Crippen molar-refractivity contribution in [2.75, 3.05) is 6.61 Å². The van der Waals surface area contributed by atoms with Crippen molar-refractivity contribution in [3.63, 3.8) is 0 Å². The molecule has 0 spiro atoms. The summed E-state index contributed by atoms with van der Waals surface area (Å²) in [5, 5.41) is 0. The van der Waals surface area contributed by atoms with Crippen LogP contribution in [0.2, 0.25) is 0 Å². The molecule has 0 aliphatic heterocycles. The van der Waals surface area contributed by atoms with E-state index in [1.54, 1.807) is 17.5 Å². The molecule has 4 rings (SSSR count). The molecule has 0 aliphatic carbocycles. The van der Waals surface area contributed by atoms with Gasteiger partial charge in [0.25, 0.3) is 5.56 Å². The molecule has 0 bridgehead atoms. The zero-order chi connectivity index (χ0) is 20.9. The average molecular weight is 395 g/mol. The third kappa shape index (κ3) is 2.77. The van der Waals surface area contributed by atoms with Crippen molar-refractivity contribution in [1.82, 2.24) is 23.1 Å². The Kier molecular flexibility index (Phi) is 4.37. The maximum Gasteiger partial charge on any atom is 0.333 e. The van der Waals surface area contributed by atoms with Gasteiger partial charge in [-0.1, -0.05) is 18.2 Å². The van der Waals surface area contributed by atoms with E-state index >= 15 is 0 Å². The lowest BCUT2D eigenvalue weighted by molar-refractivity contribution is -0.143. The number of fused-ring (bicyclic) bond motifs is 3. The van der Waals surface area contributed by atoms with Crippen LogP contribution in [-0.2, 0) is 23.1 Å². The maximum absolute atomic E-state index is 13.1. The first-order valence-corrected chi connectivity index (χ1v) is 9.26. The highest BCUT2D eigenvalue weighted by Crippen LogP contribution is 2.22. The van der Waals surface area contributed by atoms with Crippen LogP contribution in [0, 0.1) is 13.8 Å². The van der Waals surface area contributed by atoms with Gasteiger partial charge in [0.2, 0.25) is 5.78 Å². The molecular weight excluding hydrogens is 374 g/mol. The van der Waals surface area contributed by atoms with Crippen LogP contribution >= 0.6 is 0 Å². The topological polar surface area (TPSA) is 92.5 Å². The minimum absolute atomic E-state index is 0.172. The summed E-state index contributed by atoms with van der Waals surface area (Å²) in [6.45, 7) is 5.31. The van der Waals surface area contributed by atoms with Crippen LogP contribution in [0.25, 0.3) is 22.6 Å². The molecule has 0 aliphatic rings. The van der Waals surface area contributed by atoms with Crippen molar-refractivity contribution < 1.29 is 9.53 Å². The number of carbonyl (C=O) groups is 1. The standard InChI is InChI=1S/C20H21N5O4/c1-5-29-15(26)11-24-18(27)16-17(22(4)20(24)28)21-19-23(16)10-13(3)25(19)14-9-7-6-8-12(14)2/h6-10H,5,11H2,1-4H3. The van der Waals surface area contributed by atoms with Gasteiger partial charge in [-0.15, -0.1) is 0 Å². The van der Waals surface area contributed by atoms with Crippen molar-refractivity contribution in [3.05, 3.63) is 62.6 Å². The molecule has 9 nitrogen and oxygen atoms in total. The first-order chi connectivity index (χ1) is 13.8. The quantitative estimate of drug-likeness (QED) is 0.486. The largest absolute Gasteiger partial charge is 0.465 e. The van der Waals surface area contributed by atoms with Crippen LogP contribution in [0.5, 0.6) is 0 Å². The molecule has 29 heavy (non-hydrogen) atoms. The van der Waals surface area contributed by atoms with Gasteiger partial charge in [0.15, 0.2) is 11.2 Å². The van der Waals surface area contributed by atoms with E-state index in [-0.39, 0.29) is 17.8 Å². The predicted octanol–water partition coefficient (Wildman–Crippen LogP) is 1.32. The second-order valence-corrected chi connectivity index (χ2v) is 6.88. The molecular formula is C20H21N5O4. The Morgan fingerprint density at radius 2 is 1.90 bits per heavy atom. The van der Waals surface area contributed by atoms with Gasteiger partial charge in [-0.3, -0.25) is 23.1 Å². The summed E-state index contributed by atoms with van der Waals surface area (Å²) < 4.78 is 10.7. The lowest BCUT2D eigenvalue weighted by Crippen LogP contribution is -2.41. The Labute approximate surface area is 165 Å². The van der Waals surface area contributed by atoms with Crippen LogP contribution < -0.4 is 11.2 Å². The van der Waals surface area contributed by atoms with Crippen LogP contribution in [0.4, 0.5) is 0 Å². The fourth-order valence-electron chi connectivity index (χ4n) is 3.60. The molecule has 0 amide bonds. The minimum Gasteiger partial charge on any atom is -0.465 e. The molecule has 0 saturated heterocycles. The third-order valence-electron chi connectivity index (χ3n) is 4.97. The Morgan fingerprint density at radius 1 is 1.17 bits per heavy atom. The molecule has 3 heterocycles. The monoisotopic (exact) mass is 395 g/mol. The summed E-state index contributed by atoms with van der Waals surface area (Å²) in [7, 11) is 1.53. The van der Waals surface area contributed by atoms with E-state index in [0.29, 0.717) is 5.78 Å². The van der Waals surface area contributed by atoms with Gasteiger partial charge >= 0.3 is 11.7 Å². The van der Waals surface area contributed by atoms with Crippen LogP contribution in [0.15, 0.2) is 40.1 Å². The normalized spacial score (nSPS) is 11.4. The number of carbonyl (C=O) groups excluding carboxylic acids is 1. The first-order valence-electron chi connectivity index (χ1n) is 9.26. The summed E-state index contributed by atoms with van der Waals surface area (Å²) >= 11 is 0. The summed E-state index contributed by atoms with van der Waals surface area (Å²) in [5.41, 5.74) is 2.18. The van der Waals surface area contributed by atoms with Crippen LogP contribution in [0.1, 0.15) is 18.2 Å². The Morgan fingerprint density at radius 3 is 2.59 bits per heavy atom. The SMILES string of the molecule is CCOC(=O)Cn1c(=O)c2c(nc3n(-c4ccccc4C)c(C)cn23)n(C)c1=O. The molecule has 0 radical (unpaired) electrons. The fourth-order valence-corrected chi connectivity index (χ4v) is 3.60. The number of esters is 1. The van der Waals surface area contributed by atoms with Gasteiger partial charge in [-0.05, 0) is 32.4 Å². The van der Waals surface area contributed by atoms with Gasteiger partial charge < -0.3 is 4.74 Å². The Bertz CT molecular complexity index is 1390. The maximum atomic E-state index is 13.1. The number of nitrogens with zero attached hydrogens (tertiary/aromatic N) is 5. The predicted molar refractivity (Wildman–Crippen MR) is 108 cm³/mol. The smallest absolute Gasteiger partial charge is 0.333 e. The minimum atomic E-state index is -0.638. The summed E-state index contributed by atoms with van der Waals surface area (Å²) in [6, 6.07) is 7.85. The van der Waals surface area contributed by atoms with Crippen molar-refractivity contribution in [2.24, 2.45) is 7.05 Å². The number of imidazole rings is 2. The molecule has 0 N–H and O–H groups in total. The molecule has 0 saturated carbocycles. The van der Waals surface area contributed by atoms with Crippen LogP contribution in [0.3, 0.4) is 0 Å². The molecule has 0 atom stereocenters. The zero-order valence-electron chi connectivity index (χ0n) is 16.7. The lowest BCUT2D eigenvalue weighted by atomic mass is 10.2. The highest BCUT2D eigenvalue weighted by molar-refractivity contribution is 5.77. The third-order valence-corrected chi connectivity index (χ3v) is 4.97. The summed E-state index contributed by atoms with van der Waals surface area (Å²) in [4.78, 5) is 42.3. The number of hydrogen-bond donors (Lipinski definition) is 0. The highest BCUT2D eigenvalue weighted by atomic mass is 16.5. The number of ether oxygens (including phenoxy) is 1. The second kappa shape index (κ2) is 6.77. The second-order valence-electron chi connectivity index (χ2n) is 6.88. The molecule has 0 unspecified atom stereocenters. The number of aromatic nitrogens is 5. The molecule has 150 valence electrons. The molecule has 0 fully saturated rings. The first kappa shape index (κ1) is 18.7. The van der Waals surface area contributed by atoms with Crippen LogP contribution in [-0.4, -0.2) is 35.7 Å². The average Bonchev–Trinajstić information content (AvgIpc) is 3.19. The van der Waals surface area contributed by atoms with E-state index in [1.807, 2.05) is 42.7 Å². The number of hydrogen-bond acceptors (Lipinski definition) is 5. The lowest BCUT2D eigenvalue weighted by Gasteiger charge is -2.09. The number of rotatable bonds is 4. The van der Waals surface area contributed by atoms with Gasteiger partial charge in [0.1, 0.15) is 6.54 Å². The van der Waals surface area contributed by atoms with Gasteiger partial charge in [0, 0.05) is 18.9 Å². The van der Waals surface area contributed by atoms with E-state index in [1.165, 1.54) is 11.6 Å². The Balaban J connectivity index is 2.05. The fraction of sp³-hybridized carbons (Fsp3) is 0.300. The van der Waals surface area contributed by atoms with Crippen molar-refractivity contribution >= 4 is 22.9 Å². The Hall–Kier alpha value is -3.62. The molecule has 9 heteroatoms. The number of benzene rings is 1. The molecule has 3 aromatic heterocycles. The molecule has 4 aromatic rings. The molecule has 1 aromatic carbocycles. The van der Waals surface area contributed by atoms with Crippen molar-refractivity contribution in [1.29, 1.82) is 0 Å². The number of aryl methyl sites for hydroxylation is 3. The van der Waals surface area contributed by atoms with Crippen molar-refractivity contribution in [2.45, 2.75) is 27.3 Å². The van der Waals surface area contributed by atoms with E-state index in [2.05, 4.69) is 4.98 Å². The van der Waals surface area contributed by atoms with Gasteiger partial charge in [0.05, 0.1) is 12.3 Å². The van der Waals surface area contributed by atoms with Gasteiger partial charge in [-0.25, -0.2) is 9.36 Å². The summed E-state index contributed by atoms with van der Waals surface area (Å²) in [5.74, 6) is -0.117. The van der Waals surface area contributed by atoms with E-state index < -0.39 is 23.8 Å². The van der Waals surface area contributed by atoms with E-state index in [9.17, 15) is 14.4 Å². The highest BCUT2D eigenvalue weighted by Gasteiger charge is 2.22. The van der Waals surface area contributed by atoms with E-state index in [0.717, 1.165) is 21.5 Å². The van der Waals surface area contributed by atoms with Crippen molar-refractivity contribution in [3.8, 4) is 5.69 Å². The zero-order valence-corrected chi connectivity index (χ0v) is 16.7. The number of para-hydroxylation sites is 1. The summed E-state index contributed by atoms with van der Waals surface area (Å²) in [6.07, 6.45) is 1.80. The van der Waals surface area contributed by atoms with E-state index in [4.69, 9.17) is 4.74 Å². The van der Waals surface area contributed by atoms with Gasteiger partial charge in [-0.2, -0.15) is 4.98 Å².